The Bertz CT molecular complexity index is 435. The van der Waals surface area contributed by atoms with Crippen LogP contribution in [0.2, 0.25) is 5.02 Å². The summed E-state index contributed by atoms with van der Waals surface area (Å²) in [6.45, 7) is 0. The molecule has 0 amide bonds. The van der Waals surface area contributed by atoms with E-state index in [1.54, 1.807) is 6.07 Å². The van der Waals surface area contributed by atoms with Crippen LogP contribution in [0.25, 0.3) is 0 Å². The maximum absolute atomic E-state index is 10.8. The first-order valence-electron chi connectivity index (χ1n) is 4.10. The minimum absolute atomic E-state index is 0.0163. The second-order valence-corrected chi connectivity index (χ2v) is 3.08. The molecule has 0 aliphatic carbocycles. The molecule has 0 atom stereocenters. The van der Waals surface area contributed by atoms with Crippen LogP contribution >= 0.6 is 11.6 Å². The lowest BCUT2D eigenvalue weighted by Crippen LogP contribution is -1.97. The van der Waals surface area contributed by atoms with Crippen LogP contribution in [0.15, 0.2) is 12.3 Å². The Labute approximate surface area is 92.4 Å². The van der Waals surface area contributed by atoms with Crippen molar-refractivity contribution >= 4 is 23.4 Å². The molecule has 1 heterocycles. The van der Waals surface area contributed by atoms with Gasteiger partial charge in [-0.1, -0.05) is 23.4 Å². The van der Waals surface area contributed by atoms with Gasteiger partial charge in [0, 0.05) is 6.20 Å². The lowest BCUT2D eigenvalue weighted by molar-refractivity contribution is -0.139. The number of hydrogen-bond donors (Lipinski definition) is 1. The first-order chi connectivity index (χ1) is 7.13. The van der Waals surface area contributed by atoms with E-state index in [0.717, 1.165) is 0 Å². The van der Waals surface area contributed by atoms with Crippen LogP contribution < -0.4 is 5.73 Å². The van der Waals surface area contributed by atoms with Crippen LogP contribution in [0, 0.1) is 11.8 Å². The molecule has 0 saturated carbocycles. The molecule has 0 radical (unpaired) electrons. The van der Waals surface area contributed by atoms with E-state index >= 15 is 0 Å². The van der Waals surface area contributed by atoms with E-state index in [9.17, 15) is 4.79 Å². The topological polar surface area (TPSA) is 65.2 Å². The second kappa shape index (κ2) is 5.23. The smallest absolute Gasteiger partial charge is 0.317 e. The van der Waals surface area contributed by atoms with Gasteiger partial charge in [-0.25, -0.2) is 4.98 Å². The molecule has 4 nitrogen and oxygen atoms in total. The number of carbonyl (C=O) groups is 1. The number of pyridine rings is 1. The molecule has 0 saturated heterocycles. The number of nitrogen functional groups attached to an aromatic ring is 1. The Kier molecular flexibility index (Phi) is 3.95. The molecule has 1 rings (SSSR count). The molecule has 0 spiro atoms. The van der Waals surface area contributed by atoms with Crippen molar-refractivity contribution in [1.82, 2.24) is 4.98 Å². The summed E-state index contributed by atoms with van der Waals surface area (Å²) in [4.78, 5) is 14.6. The number of methoxy groups -OCH3 is 1. The number of nitrogens with zero attached hydrogens (tertiary/aromatic N) is 1. The third-order valence-electron chi connectivity index (χ3n) is 1.57. The lowest BCUT2D eigenvalue weighted by Gasteiger charge is -1.96. The van der Waals surface area contributed by atoms with Crippen molar-refractivity contribution in [1.29, 1.82) is 0 Å². The molecule has 1 aromatic heterocycles. The van der Waals surface area contributed by atoms with E-state index in [1.165, 1.54) is 13.3 Å². The largest absolute Gasteiger partial charge is 0.468 e. The minimum Gasteiger partial charge on any atom is -0.468 e. The van der Waals surface area contributed by atoms with Crippen LogP contribution in [0.4, 0.5) is 5.82 Å². The summed E-state index contributed by atoms with van der Waals surface area (Å²) < 4.78 is 4.43. The highest BCUT2D eigenvalue weighted by molar-refractivity contribution is 6.30. The molecule has 0 aliphatic heterocycles. The molecular formula is C10H9ClN2O2. The third-order valence-corrected chi connectivity index (χ3v) is 1.78. The van der Waals surface area contributed by atoms with Gasteiger partial charge in [-0.3, -0.25) is 4.79 Å². The van der Waals surface area contributed by atoms with Crippen molar-refractivity contribution in [2.75, 3.05) is 12.8 Å². The number of nitrogens with two attached hydrogens (primary N) is 1. The molecule has 1 aromatic rings. The molecule has 5 heteroatoms. The SMILES string of the molecule is COC(=O)CC#Cc1cc(Cl)cnc1N. The van der Waals surface area contributed by atoms with Crippen LogP contribution in [0.3, 0.4) is 0 Å². The number of carbonyl (C=O) groups excluding carboxylic acids is 1. The van der Waals surface area contributed by atoms with Crippen LogP contribution in [0.5, 0.6) is 0 Å². The predicted molar refractivity (Wildman–Crippen MR) is 57.2 cm³/mol. The number of hydrogen-bond acceptors (Lipinski definition) is 4. The van der Waals surface area contributed by atoms with Gasteiger partial charge < -0.3 is 10.5 Å². The number of halogens is 1. The van der Waals surface area contributed by atoms with Gasteiger partial charge in [0.2, 0.25) is 0 Å². The van der Waals surface area contributed by atoms with Crippen molar-refractivity contribution in [3.8, 4) is 11.8 Å². The van der Waals surface area contributed by atoms with Gasteiger partial charge in [0.05, 0.1) is 17.7 Å². The summed E-state index contributed by atoms with van der Waals surface area (Å²) in [6.07, 6.45) is 1.45. The zero-order valence-corrected chi connectivity index (χ0v) is 8.84. The highest BCUT2D eigenvalue weighted by atomic mass is 35.5. The second-order valence-electron chi connectivity index (χ2n) is 2.64. The molecule has 78 valence electrons. The fraction of sp³-hybridized carbons (Fsp3) is 0.200. The zero-order chi connectivity index (χ0) is 11.3. The minimum atomic E-state index is -0.393. The number of ether oxygens (including phenoxy) is 1. The van der Waals surface area contributed by atoms with Gasteiger partial charge in [0.15, 0.2) is 0 Å². The average molecular weight is 225 g/mol. The van der Waals surface area contributed by atoms with E-state index in [2.05, 4.69) is 21.6 Å². The monoisotopic (exact) mass is 224 g/mol. The van der Waals surface area contributed by atoms with Gasteiger partial charge in [0.1, 0.15) is 12.2 Å². The first kappa shape index (κ1) is 11.3. The predicted octanol–water partition coefficient (Wildman–Crippen LogP) is 1.23. The molecule has 0 aliphatic rings. The van der Waals surface area contributed by atoms with Crippen LogP contribution in [0.1, 0.15) is 12.0 Å². The van der Waals surface area contributed by atoms with Crippen molar-refractivity contribution in [3.63, 3.8) is 0 Å². The van der Waals surface area contributed by atoms with Crippen molar-refractivity contribution < 1.29 is 9.53 Å². The fourth-order valence-corrected chi connectivity index (χ4v) is 0.992. The molecule has 0 bridgehead atoms. The summed E-state index contributed by atoms with van der Waals surface area (Å²) in [7, 11) is 1.30. The highest BCUT2D eigenvalue weighted by Gasteiger charge is 1.98. The lowest BCUT2D eigenvalue weighted by atomic mass is 10.2. The number of esters is 1. The van der Waals surface area contributed by atoms with E-state index in [1.807, 2.05) is 0 Å². The van der Waals surface area contributed by atoms with Gasteiger partial charge in [-0.05, 0) is 6.07 Å². The fourth-order valence-electron chi connectivity index (χ4n) is 0.834. The Balaban J connectivity index is 2.79. The van der Waals surface area contributed by atoms with Crippen LogP contribution in [-0.2, 0) is 9.53 Å². The molecule has 0 fully saturated rings. The van der Waals surface area contributed by atoms with E-state index in [4.69, 9.17) is 17.3 Å². The summed E-state index contributed by atoms with van der Waals surface area (Å²) in [5.74, 6) is 5.21. The van der Waals surface area contributed by atoms with Gasteiger partial charge in [0.25, 0.3) is 0 Å². The van der Waals surface area contributed by atoms with E-state index in [0.29, 0.717) is 10.6 Å². The standard InChI is InChI=1S/C10H9ClN2O2/c1-15-9(14)4-2-3-7-5-8(11)6-13-10(7)12/h5-6H,4H2,1H3,(H2,12,13). The summed E-state index contributed by atoms with van der Waals surface area (Å²) in [6, 6.07) is 1.59. The number of rotatable bonds is 1. The molecule has 2 N–H and O–H groups in total. The molecule has 0 aromatic carbocycles. The third kappa shape index (κ3) is 3.49. The van der Waals surface area contributed by atoms with Crippen molar-refractivity contribution in [3.05, 3.63) is 22.8 Å². The number of anilines is 1. The van der Waals surface area contributed by atoms with E-state index in [-0.39, 0.29) is 12.2 Å². The average Bonchev–Trinajstić information content (AvgIpc) is 2.23. The van der Waals surface area contributed by atoms with Crippen molar-refractivity contribution in [2.24, 2.45) is 0 Å². The summed E-state index contributed by atoms with van der Waals surface area (Å²) in [5, 5.41) is 0.451. The van der Waals surface area contributed by atoms with Crippen LogP contribution in [-0.4, -0.2) is 18.1 Å². The quantitative estimate of drug-likeness (QED) is 0.576. The maximum Gasteiger partial charge on any atom is 0.317 e. The summed E-state index contributed by atoms with van der Waals surface area (Å²) >= 11 is 5.71. The summed E-state index contributed by atoms with van der Waals surface area (Å²) in [5.41, 5.74) is 6.06. The maximum atomic E-state index is 10.8. The van der Waals surface area contributed by atoms with Gasteiger partial charge in [-0.2, -0.15) is 0 Å². The molecule has 0 unspecified atom stereocenters. The van der Waals surface area contributed by atoms with Gasteiger partial charge in [-0.15, -0.1) is 0 Å². The van der Waals surface area contributed by atoms with Gasteiger partial charge >= 0.3 is 5.97 Å². The highest BCUT2D eigenvalue weighted by Crippen LogP contribution is 2.13. The Morgan fingerprint density at radius 2 is 2.47 bits per heavy atom. The molecular weight excluding hydrogens is 216 g/mol. The Morgan fingerprint density at radius 3 is 3.13 bits per heavy atom. The van der Waals surface area contributed by atoms with Crippen molar-refractivity contribution in [2.45, 2.75) is 6.42 Å². The normalized spacial score (nSPS) is 8.93. The zero-order valence-electron chi connectivity index (χ0n) is 8.08. The molecule has 15 heavy (non-hydrogen) atoms. The Hall–Kier alpha value is -1.73. The Morgan fingerprint density at radius 1 is 1.73 bits per heavy atom. The van der Waals surface area contributed by atoms with E-state index < -0.39 is 5.97 Å². The first-order valence-corrected chi connectivity index (χ1v) is 4.48. The number of aromatic nitrogens is 1.